The number of nitrogens with one attached hydrogen (secondary N) is 1. The third-order valence-corrected chi connectivity index (χ3v) is 2.46. The Bertz CT molecular complexity index is 272. The molecule has 0 amide bonds. The molecule has 1 N–H and O–H groups in total. The number of hydrogen-bond acceptors (Lipinski definition) is 2. The van der Waals surface area contributed by atoms with Crippen LogP contribution in [-0.4, -0.2) is 4.57 Å². The molecule has 0 aromatic carbocycles. The molecule has 0 aliphatic rings. The summed E-state index contributed by atoms with van der Waals surface area (Å²) >= 11 is 1.55. The Labute approximate surface area is 71.0 Å². The average Bonchev–Trinajstić information content (AvgIpc) is 2.26. The smallest absolute Gasteiger partial charge is 0.182 e. The van der Waals surface area contributed by atoms with E-state index in [0.717, 1.165) is 6.54 Å². The summed E-state index contributed by atoms with van der Waals surface area (Å²) in [6.07, 6.45) is 4.43. The fraction of sp³-hybridized carbons (Fsp3) is 0.625. The summed E-state index contributed by atoms with van der Waals surface area (Å²) in [4.78, 5) is 1.90. The van der Waals surface area contributed by atoms with E-state index in [1.54, 1.807) is 11.3 Å². The first-order valence-electron chi connectivity index (χ1n) is 3.95. The molecule has 62 valence electrons. The van der Waals surface area contributed by atoms with Crippen molar-refractivity contribution in [2.45, 2.75) is 33.2 Å². The first-order chi connectivity index (χ1) is 5.24. The highest BCUT2D eigenvalue weighted by Crippen LogP contribution is 2.01. The summed E-state index contributed by atoms with van der Waals surface area (Å²) in [5.74, 6) is 0. The fourth-order valence-corrected chi connectivity index (χ4v) is 1.76. The molecule has 0 unspecified atom stereocenters. The van der Waals surface area contributed by atoms with Gasteiger partial charge in [0.2, 0.25) is 0 Å². The molecule has 0 bridgehead atoms. The zero-order chi connectivity index (χ0) is 8.27. The van der Waals surface area contributed by atoms with Gasteiger partial charge in [-0.2, -0.15) is 0 Å². The molecule has 3 heteroatoms. The number of nitrogens with zero attached hydrogens (tertiary/aromatic N) is 1. The third-order valence-electron chi connectivity index (χ3n) is 1.61. The van der Waals surface area contributed by atoms with Crippen LogP contribution >= 0.6 is 11.3 Å². The van der Waals surface area contributed by atoms with Gasteiger partial charge in [-0.3, -0.25) is 5.41 Å². The normalized spacial score (nSPS) is 10.4. The minimum atomic E-state index is 0.677. The monoisotopic (exact) mass is 170 g/mol. The van der Waals surface area contributed by atoms with Gasteiger partial charge < -0.3 is 4.57 Å². The van der Waals surface area contributed by atoms with Crippen molar-refractivity contribution in [2.75, 3.05) is 0 Å². The maximum Gasteiger partial charge on any atom is 0.182 e. The lowest BCUT2D eigenvalue weighted by atomic mass is 10.3. The minimum absolute atomic E-state index is 0.677. The van der Waals surface area contributed by atoms with Crippen LogP contribution in [0.15, 0.2) is 6.20 Å². The summed E-state index contributed by atoms with van der Waals surface area (Å²) in [6.45, 7) is 5.22. The van der Waals surface area contributed by atoms with E-state index in [9.17, 15) is 0 Å². The number of thiazole rings is 1. The van der Waals surface area contributed by atoms with E-state index in [-0.39, 0.29) is 0 Å². The van der Waals surface area contributed by atoms with Crippen molar-refractivity contribution >= 4 is 11.3 Å². The van der Waals surface area contributed by atoms with Crippen LogP contribution in [0.1, 0.15) is 24.6 Å². The molecule has 11 heavy (non-hydrogen) atoms. The largest absolute Gasteiger partial charge is 0.324 e. The summed E-state index contributed by atoms with van der Waals surface area (Å²) in [6, 6.07) is 0. The van der Waals surface area contributed by atoms with Crippen molar-refractivity contribution < 1.29 is 0 Å². The second kappa shape index (κ2) is 3.72. The van der Waals surface area contributed by atoms with Crippen LogP contribution in [-0.2, 0) is 6.54 Å². The molecule has 0 atom stereocenters. The molecule has 1 aromatic heterocycles. The molecule has 1 heterocycles. The van der Waals surface area contributed by atoms with E-state index in [1.807, 2.05) is 11.5 Å². The van der Waals surface area contributed by atoms with Gasteiger partial charge in [-0.15, -0.1) is 11.3 Å². The molecule has 0 saturated heterocycles. The molecule has 0 aliphatic heterocycles. The van der Waals surface area contributed by atoms with E-state index < -0.39 is 0 Å². The Balaban J connectivity index is 2.70. The van der Waals surface area contributed by atoms with Crippen molar-refractivity contribution in [1.82, 2.24) is 4.57 Å². The minimum Gasteiger partial charge on any atom is -0.324 e. The number of aromatic nitrogens is 1. The van der Waals surface area contributed by atoms with Crippen molar-refractivity contribution in [3.63, 3.8) is 0 Å². The quantitative estimate of drug-likeness (QED) is 0.720. The van der Waals surface area contributed by atoms with E-state index in [4.69, 9.17) is 5.41 Å². The molecular weight excluding hydrogens is 156 g/mol. The predicted molar refractivity (Wildman–Crippen MR) is 47.8 cm³/mol. The van der Waals surface area contributed by atoms with Crippen LogP contribution in [0.3, 0.4) is 0 Å². The summed E-state index contributed by atoms with van der Waals surface area (Å²) in [7, 11) is 0. The van der Waals surface area contributed by atoms with Crippen molar-refractivity contribution in [1.29, 1.82) is 5.41 Å². The summed E-state index contributed by atoms with van der Waals surface area (Å²) in [5, 5.41) is 7.55. The SMILES string of the molecule is CCCCn1cc(C)sc1=N. The van der Waals surface area contributed by atoms with Crippen LogP contribution in [0.25, 0.3) is 0 Å². The highest BCUT2D eigenvalue weighted by atomic mass is 32.1. The zero-order valence-corrected chi connectivity index (χ0v) is 7.87. The van der Waals surface area contributed by atoms with Gasteiger partial charge in [0, 0.05) is 17.6 Å². The topological polar surface area (TPSA) is 28.8 Å². The number of hydrogen-bond donors (Lipinski definition) is 1. The molecule has 0 radical (unpaired) electrons. The molecule has 0 fully saturated rings. The van der Waals surface area contributed by atoms with Gasteiger partial charge in [-0.1, -0.05) is 13.3 Å². The second-order valence-electron chi connectivity index (χ2n) is 2.69. The van der Waals surface area contributed by atoms with Gasteiger partial charge in [0.05, 0.1) is 0 Å². The molecule has 2 nitrogen and oxygen atoms in total. The third kappa shape index (κ3) is 2.19. The van der Waals surface area contributed by atoms with Gasteiger partial charge in [0.1, 0.15) is 0 Å². The van der Waals surface area contributed by atoms with Gasteiger partial charge in [0.25, 0.3) is 0 Å². The Morgan fingerprint density at radius 1 is 1.64 bits per heavy atom. The number of aryl methyl sites for hydroxylation is 2. The van der Waals surface area contributed by atoms with E-state index in [0.29, 0.717) is 4.80 Å². The highest BCUT2D eigenvalue weighted by molar-refractivity contribution is 7.09. The van der Waals surface area contributed by atoms with Crippen LogP contribution in [0.5, 0.6) is 0 Å². The Kier molecular flexibility index (Phi) is 2.88. The Morgan fingerprint density at radius 2 is 2.36 bits per heavy atom. The first-order valence-corrected chi connectivity index (χ1v) is 4.77. The van der Waals surface area contributed by atoms with Crippen molar-refractivity contribution in [2.24, 2.45) is 0 Å². The lowest BCUT2D eigenvalue weighted by Gasteiger charge is -1.97. The van der Waals surface area contributed by atoms with Crippen molar-refractivity contribution in [3.8, 4) is 0 Å². The maximum atomic E-state index is 7.55. The first kappa shape index (κ1) is 8.53. The van der Waals surface area contributed by atoms with Gasteiger partial charge in [-0.05, 0) is 13.3 Å². The standard InChI is InChI=1S/C8H14N2S/c1-3-4-5-10-6-7(2)11-8(10)9/h6,9H,3-5H2,1-2H3. The van der Waals surface area contributed by atoms with Crippen LogP contribution in [0.2, 0.25) is 0 Å². The van der Waals surface area contributed by atoms with Gasteiger partial charge >= 0.3 is 0 Å². The second-order valence-corrected chi connectivity index (χ2v) is 3.93. The highest BCUT2D eigenvalue weighted by Gasteiger charge is 1.95. The maximum absolute atomic E-state index is 7.55. The summed E-state index contributed by atoms with van der Waals surface area (Å²) < 4.78 is 2.02. The van der Waals surface area contributed by atoms with Crippen LogP contribution in [0.4, 0.5) is 0 Å². The van der Waals surface area contributed by atoms with Crippen LogP contribution in [0, 0.1) is 12.3 Å². The molecule has 0 saturated carbocycles. The zero-order valence-electron chi connectivity index (χ0n) is 7.05. The number of unbranched alkanes of at least 4 members (excludes halogenated alkanes) is 1. The van der Waals surface area contributed by atoms with E-state index in [1.165, 1.54) is 17.7 Å². The van der Waals surface area contributed by atoms with Crippen LogP contribution < -0.4 is 4.80 Å². The molecule has 1 rings (SSSR count). The van der Waals surface area contributed by atoms with Gasteiger partial charge in [-0.25, -0.2) is 0 Å². The van der Waals surface area contributed by atoms with Gasteiger partial charge in [0.15, 0.2) is 4.80 Å². The number of rotatable bonds is 3. The average molecular weight is 170 g/mol. The van der Waals surface area contributed by atoms with E-state index >= 15 is 0 Å². The predicted octanol–water partition coefficient (Wildman–Crippen LogP) is 2.14. The lowest BCUT2D eigenvalue weighted by molar-refractivity contribution is 0.613. The van der Waals surface area contributed by atoms with E-state index in [2.05, 4.69) is 13.1 Å². The Hall–Kier alpha value is -0.570. The Morgan fingerprint density at radius 3 is 2.82 bits per heavy atom. The molecule has 1 aromatic rings. The molecular formula is C8H14N2S. The lowest BCUT2D eigenvalue weighted by Crippen LogP contribution is -2.11. The summed E-state index contributed by atoms with van der Waals surface area (Å²) in [5.41, 5.74) is 0. The van der Waals surface area contributed by atoms with Crippen molar-refractivity contribution in [3.05, 3.63) is 15.9 Å². The molecule has 0 spiro atoms. The molecule has 0 aliphatic carbocycles. The fourth-order valence-electron chi connectivity index (χ4n) is 1.01.